The zero-order valence-corrected chi connectivity index (χ0v) is 13.7. The summed E-state index contributed by atoms with van der Waals surface area (Å²) >= 11 is 7.15. The van der Waals surface area contributed by atoms with Crippen LogP contribution in [0.15, 0.2) is 39.8 Å². The molecule has 1 heterocycles. The molecule has 2 nitrogen and oxygen atoms in total. The van der Waals surface area contributed by atoms with Gasteiger partial charge in [0.2, 0.25) is 0 Å². The summed E-state index contributed by atoms with van der Waals surface area (Å²) in [6, 6.07) is 9.17. The van der Waals surface area contributed by atoms with Gasteiger partial charge in [-0.2, -0.15) is 0 Å². The van der Waals surface area contributed by atoms with Gasteiger partial charge >= 0.3 is 0 Å². The molecule has 1 aliphatic carbocycles. The molecule has 0 unspecified atom stereocenters. The highest BCUT2D eigenvalue weighted by Crippen LogP contribution is 2.27. The molecular weight excluding hydrogens is 340 g/mol. The van der Waals surface area contributed by atoms with Crippen LogP contribution in [0.25, 0.3) is 0 Å². The molecule has 0 spiro atoms. The van der Waals surface area contributed by atoms with Crippen molar-refractivity contribution < 1.29 is 0 Å². The number of benzene rings is 1. The van der Waals surface area contributed by atoms with Gasteiger partial charge in [-0.1, -0.05) is 22.0 Å². The Morgan fingerprint density at radius 1 is 1.42 bits per heavy atom. The second-order valence-corrected chi connectivity index (χ2v) is 7.79. The van der Waals surface area contributed by atoms with E-state index < -0.39 is 0 Å². The van der Waals surface area contributed by atoms with Gasteiger partial charge in [0.05, 0.1) is 5.75 Å². The van der Waals surface area contributed by atoms with Gasteiger partial charge in [0.25, 0.3) is 0 Å². The normalized spacial score (nSPS) is 14.8. The second-order valence-electron chi connectivity index (χ2n) is 4.62. The van der Waals surface area contributed by atoms with Crippen molar-refractivity contribution in [2.24, 2.45) is 0 Å². The molecule has 0 radical (unpaired) electrons. The molecule has 0 amide bonds. The fourth-order valence-electron chi connectivity index (χ4n) is 1.73. The topological polar surface area (TPSA) is 24.9 Å². The number of thioether (sulfide) groups is 1. The van der Waals surface area contributed by atoms with E-state index in [0.29, 0.717) is 0 Å². The number of nitrogens with one attached hydrogen (secondary N) is 1. The smallest absolute Gasteiger partial charge is 0.103 e. The summed E-state index contributed by atoms with van der Waals surface area (Å²) < 4.78 is 1.13. The molecule has 2 aromatic rings. The molecule has 0 atom stereocenters. The van der Waals surface area contributed by atoms with E-state index >= 15 is 0 Å². The molecule has 1 aromatic carbocycles. The van der Waals surface area contributed by atoms with E-state index in [-0.39, 0.29) is 0 Å². The highest BCUT2D eigenvalue weighted by atomic mass is 79.9. The van der Waals surface area contributed by atoms with Crippen LogP contribution >= 0.6 is 39.0 Å². The maximum absolute atomic E-state index is 4.50. The Balaban J connectivity index is 1.51. The maximum atomic E-state index is 4.50. The van der Waals surface area contributed by atoms with Gasteiger partial charge in [0.15, 0.2) is 0 Å². The SMILES string of the molecule is Brc1cccc(SCc2ncc(CNC3CC3)s2)c1. The Labute approximate surface area is 130 Å². The Morgan fingerprint density at radius 2 is 2.32 bits per heavy atom. The third-order valence-electron chi connectivity index (χ3n) is 2.90. The van der Waals surface area contributed by atoms with E-state index in [1.807, 2.05) is 29.3 Å². The zero-order valence-electron chi connectivity index (χ0n) is 10.4. The van der Waals surface area contributed by atoms with Crippen molar-refractivity contribution in [2.45, 2.75) is 36.1 Å². The number of nitrogens with zero attached hydrogens (tertiary/aromatic N) is 1. The minimum Gasteiger partial charge on any atom is -0.309 e. The summed E-state index contributed by atoms with van der Waals surface area (Å²) in [7, 11) is 0. The van der Waals surface area contributed by atoms with Crippen molar-refractivity contribution in [2.75, 3.05) is 0 Å². The van der Waals surface area contributed by atoms with Gasteiger partial charge in [-0.3, -0.25) is 0 Å². The summed E-state index contributed by atoms with van der Waals surface area (Å²) in [6.07, 6.45) is 4.69. The monoisotopic (exact) mass is 354 g/mol. The number of thiazole rings is 1. The summed E-state index contributed by atoms with van der Waals surface area (Å²) in [5, 5.41) is 4.73. The first-order valence-corrected chi connectivity index (χ1v) is 8.94. The third-order valence-corrected chi connectivity index (χ3v) is 5.58. The van der Waals surface area contributed by atoms with Gasteiger partial charge in [0.1, 0.15) is 5.01 Å². The van der Waals surface area contributed by atoms with Gasteiger partial charge in [-0.05, 0) is 31.0 Å². The van der Waals surface area contributed by atoms with Crippen molar-refractivity contribution >= 4 is 39.0 Å². The minimum absolute atomic E-state index is 0.765. The van der Waals surface area contributed by atoms with Gasteiger partial charge in [0, 0.05) is 33.0 Å². The third kappa shape index (κ3) is 4.31. The lowest BCUT2D eigenvalue weighted by atomic mass is 10.4. The molecule has 1 fully saturated rings. The van der Waals surface area contributed by atoms with Crippen molar-refractivity contribution in [3.05, 3.63) is 44.8 Å². The first-order valence-electron chi connectivity index (χ1n) is 6.35. The predicted molar refractivity (Wildman–Crippen MR) is 85.7 cm³/mol. The quantitative estimate of drug-likeness (QED) is 0.775. The van der Waals surface area contributed by atoms with E-state index in [2.05, 4.69) is 50.5 Å². The zero-order chi connectivity index (χ0) is 13.1. The standard InChI is InChI=1S/C14H15BrN2S2/c15-10-2-1-3-12(6-10)18-9-14-17-8-13(19-14)7-16-11-4-5-11/h1-3,6,8,11,16H,4-5,7,9H2. The van der Waals surface area contributed by atoms with Crippen LogP contribution in [0.2, 0.25) is 0 Å². The molecule has 0 bridgehead atoms. The molecule has 1 saturated carbocycles. The number of hydrogen-bond acceptors (Lipinski definition) is 4. The first kappa shape index (κ1) is 13.6. The highest BCUT2D eigenvalue weighted by Gasteiger charge is 2.20. The van der Waals surface area contributed by atoms with Crippen molar-refractivity contribution in [3.63, 3.8) is 0 Å². The minimum atomic E-state index is 0.765. The Hall–Kier alpha value is -0.360. The summed E-state index contributed by atoms with van der Waals surface area (Å²) in [6.45, 7) is 0.976. The summed E-state index contributed by atoms with van der Waals surface area (Å²) in [5.41, 5.74) is 0. The average Bonchev–Trinajstić information content (AvgIpc) is 3.13. The van der Waals surface area contributed by atoms with Crippen LogP contribution in [0.5, 0.6) is 0 Å². The van der Waals surface area contributed by atoms with E-state index in [4.69, 9.17) is 0 Å². The molecule has 1 aliphatic rings. The first-order chi connectivity index (χ1) is 9.29. The predicted octanol–water partition coefficient (Wildman–Crippen LogP) is 4.45. The van der Waals surface area contributed by atoms with Crippen LogP contribution in [0.4, 0.5) is 0 Å². The number of rotatable bonds is 6. The molecule has 3 rings (SSSR count). The van der Waals surface area contributed by atoms with Gasteiger partial charge in [-0.15, -0.1) is 23.1 Å². The van der Waals surface area contributed by atoms with Crippen LogP contribution < -0.4 is 5.32 Å². The number of hydrogen-bond donors (Lipinski definition) is 1. The number of halogens is 1. The average molecular weight is 355 g/mol. The van der Waals surface area contributed by atoms with Crippen molar-refractivity contribution in [1.82, 2.24) is 10.3 Å². The molecule has 1 aromatic heterocycles. The maximum Gasteiger partial charge on any atom is 0.103 e. The lowest BCUT2D eigenvalue weighted by Crippen LogP contribution is -2.14. The fraction of sp³-hybridized carbons (Fsp3) is 0.357. The lowest BCUT2D eigenvalue weighted by Gasteiger charge is -2.00. The highest BCUT2D eigenvalue weighted by molar-refractivity contribution is 9.10. The van der Waals surface area contributed by atoms with E-state index in [1.54, 1.807) is 0 Å². The molecule has 0 saturated heterocycles. The summed E-state index contributed by atoms with van der Waals surface area (Å²) in [4.78, 5) is 7.12. The van der Waals surface area contributed by atoms with Crippen LogP contribution in [0, 0.1) is 0 Å². The largest absolute Gasteiger partial charge is 0.309 e. The Morgan fingerprint density at radius 3 is 3.11 bits per heavy atom. The van der Waals surface area contributed by atoms with Crippen LogP contribution in [0.3, 0.4) is 0 Å². The second kappa shape index (κ2) is 6.39. The van der Waals surface area contributed by atoms with E-state index in [9.17, 15) is 0 Å². The van der Waals surface area contributed by atoms with Gasteiger partial charge in [-0.25, -0.2) is 4.98 Å². The molecule has 5 heteroatoms. The molecule has 19 heavy (non-hydrogen) atoms. The van der Waals surface area contributed by atoms with E-state index in [1.165, 1.54) is 27.6 Å². The fourth-order valence-corrected chi connectivity index (χ4v) is 4.11. The van der Waals surface area contributed by atoms with E-state index in [0.717, 1.165) is 22.8 Å². The molecular formula is C14H15BrN2S2. The van der Waals surface area contributed by atoms with Crippen LogP contribution in [-0.4, -0.2) is 11.0 Å². The van der Waals surface area contributed by atoms with Crippen LogP contribution in [0.1, 0.15) is 22.7 Å². The molecule has 1 N–H and O–H groups in total. The Kier molecular flexibility index (Phi) is 4.58. The summed E-state index contributed by atoms with van der Waals surface area (Å²) in [5.74, 6) is 0.949. The number of aromatic nitrogens is 1. The molecule has 100 valence electrons. The lowest BCUT2D eigenvalue weighted by molar-refractivity contribution is 0.694. The van der Waals surface area contributed by atoms with Crippen molar-refractivity contribution in [3.8, 4) is 0 Å². The van der Waals surface area contributed by atoms with Crippen LogP contribution in [-0.2, 0) is 12.3 Å². The molecule has 0 aliphatic heterocycles. The van der Waals surface area contributed by atoms with Crippen molar-refractivity contribution in [1.29, 1.82) is 0 Å². The van der Waals surface area contributed by atoms with Gasteiger partial charge < -0.3 is 5.32 Å². The Bertz CT molecular complexity index is 552.